The van der Waals surface area contributed by atoms with Gasteiger partial charge in [-0.3, -0.25) is 10.2 Å². The van der Waals surface area contributed by atoms with Crippen LogP contribution in [0.5, 0.6) is 0 Å². The number of hydrogen-bond donors (Lipinski definition) is 2. The number of aliphatic hydroxyl groups is 1. The number of hydrogen-bond acceptors (Lipinski definition) is 6. The zero-order chi connectivity index (χ0) is 24.1. The second kappa shape index (κ2) is 10.6. The normalized spacial score (nSPS) is 19.8. The van der Waals surface area contributed by atoms with Crippen molar-refractivity contribution in [2.45, 2.75) is 50.7 Å². The van der Waals surface area contributed by atoms with Gasteiger partial charge in [0.05, 0.1) is 12.6 Å². The predicted molar refractivity (Wildman–Crippen MR) is 128 cm³/mol. The van der Waals surface area contributed by atoms with Crippen LogP contribution in [-0.4, -0.2) is 41.1 Å². The van der Waals surface area contributed by atoms with Gasteiger partial charge in [-0.1, -0.05) is 47.7 Å². The molecule has 6 nitrogen and oxygen atoms in total. The third kappa shape index (κ3) is 5.59. The maximum Gasteiger partial charge on any atom is 0.302 e. The van der Waals surface area contributed by atoms with E-state index in [9.17, 15) is 18.7 Å². The van der Waals surface area contributed by atoms with E-state index >= 15 is 0 Å². The standard InChI is InChI=1S/C25H28F2N4O2S/c1-17-16-28-30-29-22(17)15-21-10-9-20(34-21)13-14-31-19(8-12-24(31)33)7-11-23(32)25(26,27)18-5-3-2-4-6-18/h2-7,9-11,19,23,32H,8,12-16H2,1H3,(H,28,29)/b11-7+/t19-,23?/m0/s1. The van der Waals surface area contributed by atoms with E-state index in [1.807, 2.05) is 6.92 Å². The predicted octanol–water partition coefficient (Wildman–Crippen LogP) is 4.78. The van der Waals surface area contributed by atoms with Crippen molar-refractivity contribution in [3.05, 3.63) is 81.2 Å². The average molecular weight is 487 g/mol. The summed E-state index contributed by atoms with van der Waals surface area (Å²) in [6.07, 6.45) is 3.09. The van der Waals surface area contributed by atoms with Gasteiger partial charge in [0.1, 0.15) is 6.10 Å². The minimum absolute atomic E-state index is 0.00767. The van der Waals surface area contributed by atoms with E-state index in [-0.39, 0.29) is 17.5 Å². The minimum atomic E-state index is -3.40. The van der Waals surface area contributed by atoms with Crippen molar-refractivity contribution in [3.63, 3.8) is 0 Å². The summed E-state index contributed by atoms with van der Waals surface area (Å²) in [5, 5.41) is 18.0. The van der Waals surface area contributed by atoms with Crippen molar-refractivity contribution < 1.29 is 18.7 Å². The molecule has 1 aromatic heterocycles. The molecule has 0 aliphatic carbocycles. The molecule has 2 atom stereocenters. The second-order valence-electron chi connectivity index (χ2n) is 8.58. The molecule has 1 saturated heterocycles. The summed E-state index contributed by atoms with van der Waals surface area (Å²) in [6, 6.07) is 11.1. The molecule has 2 aliphatic heterocycles. The molecule has 2 aromatic rings. The molecule has 0 spiro atoms. The number of benzene rings is 1. The average Bonchev–Trinajstić information content (AvgIpc) is 3.43. The fourth-order valence-electron chi connectivity index (χ4n) is 4.11. The van der Waals surface area contributed by atoms with Gasteiger partial charge in [-0.15, -0.1) is 11.3 Å². The molecule has 34 heavy (non-hydrogen) atoms. The molecular weight excluding hydrogens is 458 g/mol. The summed E-state index contributed by atoms with van der Waals surface area (Å²) in [5.41, 5.74) is 4.96. The number of nitrogens with zero attached hydrogens (tertiary/aromatic N) is 3. The summed E-state index contributed by atoms with van der Waals surface area (Å²) < 4.78 is 29.1. The summed E-state index contributed by atoms with van der Waals surface area (Å²) in [5.74, 6) is -3.39. The smallest absolute Gasteiger partial charge is 0.302 e. The maximum absolute atomic E-state index is 14.6. The summed E-state index contributed by atoms with van der Waals surface area (Å²) in [7, 11) is 0. The first-order chi connectivity index (χ1) is 16.3. The molecule has 1 unspecified atom stereocenters. The van der Waals surface area contributed by atoms with E-state index in [1.54, 1.807) is 28.4 Å². The summed E-state index contributed by atoms with van der Waals surface area (Å²) >= 11 is 1.69. The van der Waals surface area contributed by atoms with Gasteiger partial charge < -0.3 is 10.0 Å². The number of carbonyl (C=O) groups excluding carboxylic acids is 1. The topological polar surface area (TPSA) is 77.3 Å². The van der Waals surface area contributed by atoms with Crippen molar-refractivity contribution >= 4 is 17.2 Å². The quantitative estimate of drug-likeness (QED) is 0.501. The summed E-state index contributed by atoms with van der Waals surface area (Å²) in [4.78, 5) is 16.5. The van der Waals surface area contributed by atoms with Crippen LogP contribution in [0.4, 0.5) is 8.78 Å². The minimum Gasteiger partial charge on any atom is -0.382 e. The third-order valence-corrected chi connectivity index (χ3v) is 7.31. The number of alkyl halides is 2. The van der Waals surface area contributed by atoms with Gasteiger partial charge in [-0.2, -0.15) is 13.9 Å². The lowest BCUT2D eigenvalue weighted by Crippen LogP contribution is -2.34. The maximum atomic E-state index is 14.6. The number of rotatable bonds is 9. The number of likely N-dealkylation sites (tertiary alicyclic amines) is 1. The molecule has 0 radical (unpaired) electrons. The molecule has 2 N–H and O–H groups in total. The zero-order valence-corrected chi connectivity index (χ0v) is 19.8. The first-order valence-corrected chi connectivity index (χ1v) is 12.1. The molecule has 4 rings (SSSR count). The van der Waals surface area contributed by atoms with Gasteiger partial charge in [0, 0.05) is 40.4 Å². The van der Waals surface area contributed by atoms with Crippen molar-refractivity contribution in [2.75, 3.05) is 13.1 Å². The van der Waals surface area contributed by atoms with Crippen LogP contribution in [0.15, 0.2) is 76.2 Å². The Morgan fingerprint density at radius 2 is 2.03 bits per heavy atom. The Balaban J connectivity index is 1.35. The highest BCUT2D eigenvalue weighted by atomic mass is 32.1. The number of nitrogens with one attached hydrogen (secondary N) is 1. The fourth-order valence-corrected chi connectivity index (χ4v) is 5.13. The number of thiophene rings is 1. The highest BCUT2D eigenvalue weighted by Crippen LogP contribution is 2.33. The van der Waals surface area contributed by atoms with Crippen molar-refractivity contribution in [3.8, 4) is 0 Å². The molecular formula is C25H28F2N4O2S. The Kier molecular flexibility index (Phi) is 7.53. The molecule has 2 aliphatic rings. The van der Waals surface area contributed by atoms with Crippen LogP contribution < -0.4 is 5.43 Å². The number of amides is 1. The van der Waals surface area contributed by atoms with E-state index < -0.39 is 12.0 Å². The summed E-state index contributed by atoms with van der Waals surface area (Å²) in [6.45, 7) is 3.15. The van der Waals surface area contributed by atoms with Crippen LogP contribution in [-0.2, 0) is 23.6 Å². The van der Waals surface area contributed by atoms with E-state index in [1.165, 1.54) is 34.7 Å². The number of allylic oxidation sites excluding steroid dienone is 1. The Labute approximate surface area is 201 Å². The van der Waals surface area contributed by atoms with Crippen molar-refractivity contribution in [1.29, 1.82) is 0 Å². The van der Waals surface area contributed by atoms with Crippen molar-refractivity contribution in [2.24, 2.45) is 10.3 Å². The van der Waals surface area contributed by atoms with E-state index in [0.717, 1.165) is 23.1 Å². The molecule has 3 heterocycles. The van der Waals surface area contributed by atoms with Gasteiger partial charge in [-0.25, -0.2) is 0 Å². The molecule has 1 fully saturated rings. The van der Waals surface area contributed by atoms with Crippen LogP contribution in [0.1, 0.15) is 35.1 Å². The Morgan fingerprint density at radius 1 is 1.26 bits per heavy atom. The third-order valence-electron chi connectivity index (χ3n) is 6.17. The van der Waals surface area contributed by atoms with Gasteiger partial charge >= 0.3 is 5.92 Å². The van der Waals surface area contributed by atoms with Gasteiger partial charge in [-0.05, 0) is 37.5 Å². The Morgan fingerprint density at radius 3 is 2.79 bits per heavy atom. The molecule has 1 aromatic carbocycles. The van der Waals surface area contributed by atoms with E-state index in [2.05, 4.69) is 27.9 Å². The van der Waals surface area contributed by atoms with Crippen LogP contribution >= 0.6 is 11.3 Å². The highest BCUT2D eigenvalue weighted by Gasteiger charge is 2.39. The van der Waals surface area contributed by atoms with Crippen LogP contribution in [0, 0.1) is 0 Å². The SMILES string of the molecule is CC1=C(Cc2ccc(CCN3C(=O)CC[C@@H]3/C=C/C(O)C(F)(F)c3ccccc3)s2)NN=NC1. The molecule has 0 saturated carbocycles. The first-order valence-electron chi connectivity index (χ1n) is 11.3. The number of aliphatic hydroxyl groups excluding tert-OH is 1. The molecule has 1 amide bonds. The van der Waals surface area contributed by atoms with E-state index in [4.69, 9.17) is 0 Å². The van der Waals surface area contributed by atoms with Crippen molar-refractivity contribution in [1.82, 2.24) is 10.3 Å². The highest BCUT2D eigenvalue weighted by molar-refractivity contribution is 7.12. The lowest BCUT2D eigenvalue weighted by Gasteiger charge is -2.24. The lowest BCUT2D eigenvalue weighted by molar-refractivity contribution is -0.128. The Bertz CT molecular complexity index is 1100. The number of halogens is 2. The molecule has 0 bridgehead atoms. The molecule has 9 heteroatoms. The first kappa shape index (κ1) is 24.2. The molecule has 180 valence electrons. The van der Waals surface area contributed by atoms with Crippen LogP contribution in [0.3, 0.4) is 0 Å². The number of carbonyl (C=O) groups is 1. The Hall–Kier alpha value is -2.91. The van der Waals surface area contributed by atoms with E-state index in [0.29, 0.717) is 32.4 Å². The van der Waals surface area contributed by atoms with Crippen LogP contribution in [0.25, 0.3) is 0 Å². The van der Waals surface area contributed by atoms with Gasteiger partial charge in [0.2, 0.25) is 5.91 Å². The largest absolute Gasteiger partial charge is 0.382 e. The zero-order valence-electron chi connectivity index (χ0n) is 19.0. The van der Waals surface area contributed by atoms with Gasteiger partial charge in [0.15, 0.2) is 0 Å². The fraction of sp³-hybridized carbons (Fsp3) is 0.400. The van der Waals surface area contributed by atoms with Crippen LogP contribution in [0.2, 0.25) is 0 Å². The van der Waals surface area contributed by atoms with Gasteiger partial charge in [0.25, 0.3) is 0 Å². The lowest BCUT2D eigenvalue weighted by atomic mass is 10.0. The second-order valence-corrected chi connectivity index (χ2v) is 9.83. The monoisotopic (exact) mass is 486 g/mol.